The van der Waals surface area contributed by atoms with E-state index in [4.69, 9.17) is 19.4 Å². The first-order valence-electron chi connectivity index (χ1n) is 18.8. The van der Waals surface area contributed by atoms with E-state index in [-0.39, 0.29) is 0 Å². The summed E-state index contributed by atoms with van der Waals surface area (Å²) in [5.74, 6) is 1.78. The first-order chi connectivity index (χ1) is 27.8. The largest absolute Gasteiger partial charge is 0.455 e. The van der Waals surface area contributed by atoms with Crippen LogP contribution in [0.5, 0.6) is 0 Å². The molecule has 262 valence electrons. The van der Waals surface area contributed by atoms with Crippen LogP contribution >= 0.6 is 0 Å². The van der Waals surface area contributed by atoms with E-state index in [9.17, 15) is 0 Å². The van der Waals surface area contributed by atoms with Gasteiger partial charge >= 0.3 is 0 Å². The molecule has 0 saturated heterocycles. The Labute approximate surface area is 322 Å². The average molecular weight is 717 g/mol. The van der Waals surface area contributed by atoms with E-state index < -0.39 is 0 Å². The number of nitrogens with zero attached hydrogens (tertiary/aromatic N) is 4. The first kappa shape index (κ1) is 31.9. The van der Waals surface area contributed by atoms with Gasteiger partial charge in [-0.1, -0.05) is 152 Å². The molecule has 0 bridgehead atoms. The Morgan fingerprint density at radius 3 is 1.50 bits per heavy atom. The van der Waals surface area contributed by atoms with Crippen molar-refractivity contribution in [1.29, 1.82) is 0 Å². The van der Waals surface area contributed by atoms with Gasteiger partial charge in [0.2, 0.25) is 0 Å². The van der Waals surface area contributed by atoms with Gasteiger partial charge in [0.05, 0.1) is 22.0 Å². The molecule has 8 aromatic carbocycles. The highest BCUT2D eigenvalue weighted by atomic mass is 16.3. The number of fused-ring (bicyclic) bond motifs is 7. The summed E-state index contributed by atoms with van der Waals surface area (Å²) in [5, 5.41) is 4.38. The summed E-state index contributed by atoms with van der Waals surface area (Å²) >= 11 is 0. The molecule has 0 atom stereocenters. The Hall–Kier alpha value is -7.63. The minimum atomic E-state index is 0.558. The molecule has 0 aliphatic rings. The third-order valence-corrected chi connectivity index (χ3v) is 10.6. The Morgan fingerprint density at radius 1 is 0.375 bits per heavy atom. The lowest BCUT2D eigenvalue weighted by atomic mass is 9.98. The maximum Gasteiger partial charge on any atom is 0.167 e. The molecule has 0 spiro atoms. The van der Waals surface area contributed by atoms with Crippen LogP contribution in [0.15, 0.2) is 199 Å². The lowest BCUT2D eigenvalue weighted by molar-refractivity contribution is 0.669. The quantitative estimate of drug-likeness (QED) is 0.172. The van der Waals surface area contributed by atoms with E-state index in [1.54, 1.807) is 0 Å². The molecule has 0 fully saturated rings. The maximum absolute atomic E-state index is 6.90. The fraction of sp³-hybridized carbons (Fsp3) is 0. The molecule has 0 aliphatic heterocycles. The van der Waals surface area contributed by atoms with Gasteiger partial charge in [0.1, 0.15) is 11.2 Å². The second kappa shape index (κ2) is 13.0. The van der Waals surface area contributed by atoms with E-state index in [0.717, 1.165) is 83.0 Å². The van der Waals surface area contributed by atoms with E-state index in [2.05, 4.69) is 132 Å². The number of para-hydroxylation sites is 2. The molecule has 5 nitrogen and oxygen atoms in total. The van der Waals surface area contributed by atoms with Crippen molar-refractivity contribution in [2.75, 3.05) is 0 Å². The minimum absolute atomic E-state index is 0.558. The fourth-order valence-electron chi connectivity index (χ4n) is 8.05. The van der Waals surface area contributed by atoms with E-state index in [1.165, 1.54) is 5.39 Å². The Kier molecular flexibility index (Phi) is 7.42. The highest BCUT2D eigenvalue weighted by Crippen LogP contribution is 2.44. The zero-order valence-corrected chi connectivity index (χ0v) is 30.2. The Balaban J connectivity index is 1.20. The zero-order chi connectivity index (χ0) is 37.0. The van der Waals surface area contributed by atoms with Crippen LogP contribution in [0.2, 0.25) is 0 Å². The molecule has 3 heterocycles. The van der Waals surface area contributed by atoms with Crippen molar-refractivity contribution >= 4 is 43.7 Å². The molecule has 0 saturated carbocycles. The van der Waals surface area contributed by atoms with Crippen LogP contribution in [0.4, 0.5) is 0 Å². The van der Waals surface area contributed by atoms with Gasteiger partial charge in [-0.15, -0.1) is 0 Å². The van der Waals surface area contributed by atoms with Gasteiger partial charge in [-0.25, -0.2) is 15.0 Å². The molecule has 0 radical (unpaired) electrons. The second-order valence-corrected chi connectivity index (χ2v) is 14.0. The predicted octanol–water partition coefficient (Wildman–Crippen LogP) is 13.2. The fourth-order valence-corrected chi connectivity index (χ4v) is 8.05. The third kappa shape index (κ3) is 5.29. The van der Waals surface area contributed by atoms with Gasteiger partial charge in [0.15, 0.2) is 17.5 Å². The molecular formula is C51H32N4O. The van der Waals surface area contributed by atoms with E-state index >= 15 is 0 Å². The number of aromatic nitrogens is 4. The van der Waals surface area contributed by atoms with Crippen LogP contribution in [-0.2, 0) is 0 Å². The summed E-state index contributed by atoms with van der Waals surface area (Å²) in [6, 6.07) is 67.5. The van der Waals surface area contributed by atoms with Gasteiger partial charge < -0.3 is 8.98 Å². The van der Waals surface area contributed by atoms with Crippen molar-refractivity contribution in [3.63, 3.8) is 0 Å². The molecule has 11 rings (SSSR count). The van der Waals surface area contributed by atoms with Gasteiger partial charge in [0.25, 0.3) is 0 Å². The van der Waals surface area contributed by atoms with Gasteiger partial charge in [-0.05, 0) is 64.7 Å². The van der Waals surface area contributed by atoms with Crippen molar-refractivity contribution in [3.05, 3.63) is 194 Å². The molecule has 56 heavy (non-hydrogen) atoms. The predicted molar refractivity (Wildman–Crippen MR) is 229 cm³/mol. The molecule has 3 aromatic heterocycles. The van der Waals surface area contributed by atoms with E-state index in [0.29, 0.717) is 17.5 Å². The number of furan rings is 1. The highest BCUT2D eigenvalue weighted by molar-refractivity contribution is 6.25. The van der Waals surface area contributed by atoms with Gasteiger partial charge in [-0.3, -0.25) is 0 Å². The SMILES string of the molecule is c1ccc(-c2cc(-c3ccccc3)cc(-n3c4ccccc4c4ccc5oc6c(-c7nc(-c8ccccc8)nc(-c8ccccc8)n7)cccc6c5c43)c2)cc1. The number of rotatable bonds is 6. The Bertz CT molecular complexity index is 3110. The Morgan fingerprint density at radius 2 is 0.893 bits per heavy atom. The van der Waals surface area contributed by atoms with Crippen molar-refractivity contribution in [3.8, 4) is 62.1 Å². The zero-order valence-electron chi connectivity index (χ0n) is 30.2. The number of hydrogen-bond donors (Lipinski definition) is 0. The third-order valence-electron chi connectivity index (χ3n) is 10.6. The molecule has 0 unspecified atom stereocenters. The molecule has 0 N–H and O–H groups in total. The van der Waals surface area contributed by atoms with Crippen LogP contribution in [0.3, 0.4) is 0 Å². The summed E-state index contributed by atoms with van der Waals surface area (Å²) in [4.78, 5) is 15.1. The monoisotopic (exact) mass is 716 g/mol. The molecule has 5 heteroatoms. The molecule has 11 aromatic rings. The van der Waals surface area contributed by atoms with Crippen LogP contribution in [0, 0.1) is 0 Å². The molecule has 0 amide bonds. The first-order valence-corrected chi connectivity index (χ1v) is 18.8. The van der Waals surface area contributed by atoms with Gasteiger partial charge in [-0.2, -0.15) is 0 Å². The summed E-state index contributed by atoms with van der Waals surface area (Å²) in [7, 11) is 0. The summed E-state index contributed by atoms with van der Waals surface area (Å²) < 4.78 is 9.31. The van der Waals surface area contributed by atoms with Crippen molar-refractivity contribution in [2.45, 2.75) is 0 Å². The number of benzene rings is 8. The lowest BCUT2D eigenvalue weighted by Crippen LogP contribution is -2.00. The standard InChI is InChI=1S/C51H32N4O/c1-5-16-33(17-6-1)37-30-38(34-18-7-2-8-19-34)32-39(31-37)55-44-27-14-13-24-40(44)41-28-29-45-46(47(41)55)42-25-15-26-43(48(42)56-45)51-53-49(35-20-9-3-10-21-35)52-50(54-51)36-22-11-4-12-23-36/h1-32H. The summed E-state index contributed by atoms with van der Waals surface area (Å²) in [6.45, 7) is 0. The second-order valence-electron chi connectivity index (χ2n) is 14.0. The van der Waals surface area contributed by atoms with Crippen LogP contribution in [-0.4, -0.2) is 19.5 Å². The normalized spacial score (nSPS) is 11.6. The van der Waals surface area contributed by atoms with Crippen LogP contribution in [0.1, 0.15) is 0 Å². The average Bonchev–Trinajstić information content (AvgIpc) is 3.83. The topological polar surface area (TPSA) is 56.7 Å². The lowest BCUT2D eigenvalue weighted by Gasteiger charge is -2.14. The minimum Gasteiger partial charge on any atom is -0.455 e. The van der Waals surface area contributed by atoms with Crippen LogP contribution < -0.4 is 0 Å². The molecular weight excluding hydrogens is 685 g/mol. The van der Waals surface area contributed by atoms with Crippen molar-refractivity contribution in [1.82, 2.24) is 19.5 Å². The summed E-state index contributed by atoms with van der Waals surface area (Å²) in [5.41, 5.74) is 12.1. The number of hydrogen-bond acceptors (Lipinski definition) is 4. The summed E-state index contributed by atoms with van der Waals surface area (Å²) in [6.07, 6.45) is 0. The van der Waals surface area contributed by atoms with Crippen molar-refractivity contribution in [2.24, 2.45) is 0 Å². The highest BCUT2D eigenvalue weighted by Gasteiger charge is 2.23. The molecule has 0 aliphatic carbocycles. The van der Waals surface area contributed by atoms with Gasteiger partial charge in [0, 0.05) is 33.0 Å². The van der Waals surface area contributed by atoms with Crippen molar-refractivity contribution < 1.29 is 4.42 Å². The van der Waals surface area contributed by atoms with E-state index in [1.807, 2.05) is 66.7 Å². The maximum atomic E-state index is 6.90. The van der Waals surface area contributed by atoms with Crippen LogP contribution in [0.25, 0.3) is 106 Å². The smallest absolute Gasteiger partial charge is 0.167 e.